The third-order valence-electron chi connectivity index (χ3n) is 7.34. The van der Waals surface area contributed by atoms with Crippen LogP contribution >= 0.6 is 0 Å². The third kappa shape index (κ3) is 4.59. The maximum Gasteiger partial charge on any atom is 0.242 e. The average Bonchev–Trinajstić information content (AvgIpc) is 3.65. The Kier molecular flexibility index (Phi) is 6.48. The fourth-order valence-electron chi connectivity index (χ4n) is 5.30. The molecule has 6 rings (SSSR count). The van der Waals surface area contributed by atoms with Crippen molar-refractivity contribution < 1.29 is 4.79 Å². The molecular formula is C28H29N9O. The predicted octanol–water partition coefficient (Wildman–Crippen LogP) is 3.02. The molecule has 4 aromatic rings. The van der Waals surface area contributed by atoms with E-state index in [9.17, 15) is 10.1 Å². The summed E-state index contributed by atoms with van der Waals surface area (Å²) < 4.78 is 1.94. The van der Waals surface area contributed by atoms with Gasteiger partial charge in [0.15, 0.2) is 5.65 Å². The molecule has 1 N–H and O–H groups in total. The number of carbonyl (C=O) groups is 1. The van der Waals surface area contributed by atoms with Crippen molar-refractivity contribution in [2.75, 3.05) is 60.9 Å². The molecule has 2 aliphatic rings. The van der Waals surface area contributed by atoms with E-state index in [1.165, 1.54) is 18.5 Å². The number of rotatable bonds is 6. The molecule has 38 heavy (non-hydrogen) atoms. The molecule has 10 heteroatoms. The van der Waals surface area contributed by atoms with Crippen molar-refractivity contribution in [2.24, 2.45) is 0 Å². The minimum atomic E-state index is 0.0271. The van der Waals surface area contributed by atoms with Gasteiger partial charge in [0.25, 0.3) is 0 Å². The SMILES string of the molecule is N#Cc1cnccc1N1CCN(C(=O)CNc2c(-c3ccc(N4CCCC4)cc3)nc3cnccn23)CC1. The number of nitrogens with zero attached hydrogens (tertiary/aromatic N) is 8. The lowest BCUT2D eigenvalue weighted by molar-refractivity contribution is -0.129. The van der Waals surface area contributed by atoms with Crippen LogP contribution in [0.5, 0.6) is 0 Å². The number of anilines is 3. The lowest BCUT2D eigenvalue weighted by Gasteiger charge is -2.36. The predicted molar refractivity (Wildman–Crippen MR) is 146 cm³/mol. The van der Waals surface area contributed by atoms with Gasteiger partial charge in [0.1, 0.15) is 17.6 Å². The summed E-state index contributed by atoms with van der Waals surface area (Å²) >= 11 is 0. The Morgan fingerprint density at radius 1 is 0.921 bits per heavy atom. The number of hydrogen-bond donors (Lipinski definition) is 1. The van der Waals surface area contributed by atoms with Crippen molar-refractivity contribution >= 4 is 28.7 Å². The highest BCUT2D eigenvalue weighted by Crippen LogP contribution is 2.31. The van der Waals surface area contributed by atoms with Crippen molar-refractivity contribution in [1.82, 2.24) is 24.3 Å². The zero-order valence-electron chi connectivity index (χ0n) is 21.1. The molecular weight excluding hydrogens is 478 g/mol. The Balaban J connectivity index is 1.15. The summed E-state index contributed by atoms with van der Waals surface area (Å²) in [5.41, 5.74) is 5.16. The highest BCUT2D eigenvalue weighted by Gasteiger charge is 2.24. The number of pyridine rings is 1. The van der Waals surface area contributed by atoms with Crippen LogP contribution in [0.3, 0.4) is 0 Å². The van der Waals surface area contributed by atoms with Gasteiger partial charge in [-0.3, -0.25) is 19.2 Å². The second-order valence-corrected chi connectivity index (χ2v) is 9.58. The standard InChI is InChI=1S/C28H29N9O/c29-17-22-18-30-8-7-24(22)35-13-15-36(16-14-35)26(38)20-32-28-27(33-25-19-31-9-12-37(25)28)21-3-5-23(6-4-21)34-10-1-2-11-34/h3-9,12,18-19,32H,1-2,10-11,13-16,20H2. The first kappa shape index (κ1) is 23.7. The molecule has 3 aromatic heterocycles. The Morgan fingerprint density at radius 3 is 2.45 bits per heavy atom. The molecule has 192 valence electrons. The Labute approximate surface area is 221 Å². The summed E-state index contributed by atoms with van der Waals surface area (Å²) in [5.74, 6) is 0.804. The van der Waals surface area contributed by atoms with Crippen molar-refractivity contribution in [3.05, 3.63) is 66.9 Å². The Bertz CT molecular complexity index is 1480. The van der Waals surface area contributed by atoms with Gasteiger partial charge in [-0.05, 0) is 31.0 Å². The van der Waals surface area contributed by atoms with Gasteiger partial charge in [-0.15, -0.1) is 0 Å². The van der Waals surface area contributed by atoms with Crippen LogP contribution in [0.2, 0.25) is 0 Å². The number of hydrogen-bond acceptors (Lipinski definition) is 8. The van der Waals surface area contributed by atoms with Crippen LogP contribution in [0.25, 0.3) is 16.9 Å². The molecule has 0 saturated carbocycles. The van der Waals surface area contributed by atoms with Gasteiger partial charge >= 0.3 is 0 Å². The summed E-state index contributed by atoms with van der Waals surface area (Å²) in [6, 6.07) is 12.6. The molecule has 2 saturated heterocycles. The molecule has 0 spiro atoms. The van der Waals surface area contributed by atoms with Gasteiger partial charge in [0.2, 0.25) is 5.91 Å². The van der Waals surface area contributed by atoms with Crippen molar-refractivity contribution in [1.29, 1.82) is 5.26 Å². The summed E-state index contributed by atoms with van der Waals surface area (Å²) in [6.45, 7) is 4.88. The van der Waals surface area contributed by atoms with Crippen LogP contribution in [-0.2, 0) is 4.79 Å². The van der Waals surface area contributed by atoms with Gasteiger partial charge in [-0.1, -0.05) is 12.1 Å². The second kappa shape index (κ2) is 10.4. The highest BCUT2D eigenvalue weighted by atomic mass is 16.2. The number of benzene rings is 1. The molecule has 5 heterocycles. The molecule has 0 unspecified atom stereocenters. The van der Waals surface area contributed by atoms with Gasteiger partial charge in [0, 0.05) is 75.3 Å². The maximum absolute atomic E-state index is 13.2. The first-order valence-corrected chi connectivity index (χ1v) is 13.0. The van der Waals surface area contributed by atoms with Crippen molar-refractivity contribution in [2.45, 2.75) is 12.8 Å². The molecule has 2 aliphatic heterocycles. The largest absolute Gasteiger partial charge is 0.372 e. The highest BCUT2D eigenvalue weighted by molar-refractivity contribution is 5.84. The third-order valence-corrected chi connectivity index (χ3v) is 7.34. The minimum absolute atomic E-state index is 0.0271. The van der Waals surface area contributed by atoms with E-state index in [1.807, 2.05) is 21.6 Å². The normalized spacial score (nSPS) is 15.6. The van der Waals surface area contributed by atoms with Crippen molar-refractivity contribution in [3.8, 4) is 17.3 Å². The lowest BCUT2D eigenvalue weighted by Crippen LogP contribution is -2.50. The molecule has 0 atom stereocenters. The molecule has 1 amide bonds. The smallest absolute Gasteiger partial charge is 0.242 e. The molecule has 10 nitrogen and oxygen atoms in total. The van der Waals surface area contributed by atoms with Gasteiger partial charge in [-0.2, -0.15) is 5.26 Å². The van der Waals surface area contributed by atoms with E-state index < -0.39 is 0 Å². The van der Waals surface area contributed by atoms with E-state index in [2.05, 4.69) is 55.4 Å². The van der Waals surface area contributed by atoms with E-state index >= 15 is 0 Å². The number of nitrogens with one attached hydrogen (secondary N) is 1. The molecule has 1 aromatic carbocycles. The number of fused-ring (bicyclic) bond motifs is 1. The molecule has 0 radical (unpaired) electrons. The number of piperazine rings is 1. The first-order chi connectivity index (χ1) is 18.7. The van der Waals surface area contributed by atoms with Crippen LogP contribution in [0, 0.1) is 11.3 Å². The van der Waals surface area contributed by atoms with Gasteiger partial charge in [-0.25, -0.2) is 4.98 Å². The van der Waals surface area contributed by atoms with E-state index in [0.717, 1.165) is 41.5 Å². The van der Waals surface area contributed by atoms with Gasteiger partial charge in [0.05, 0.1) is 24.0 Å². The summed E-state index contributed by atoms with van der Waals surface area (Å²) in [7, 11) is 0. The Hall–Kier alpha value is -4.65. The topological polar surface area (TPSA) is 106 Å². The quantitative estimate of drug-likeness (QED) is 0.425. The molecule has 2 fully saturated rings. The minimum Gasteiger partial charge on any atom is -0.372 e. The van der Waals surface area contributed by atoms with Gasteiger partial charge < -0.3 is 20.0 Å². The van der Waals surface area contributed by atoms with Crippen LogP contribution in [0.15, 0.2) is 61.3 Å². The average molecular weight is 508 g/mol. The maximum atomic E-state index is 13.2. The lowest BCUT2D eigenvalue weighted by atomic mass is 10.1. The van der Waals surface area contributed by atoms with E-state index in [1.54, 1.807) is 24.8 Å². The van der Waals surface area contributed by atoms with E-state index in [0.29, 0.717) is 31.7 Å². The summed E-state index contributed by atoms with van der Waals surface area (Å²) in [4.78, 5) is 32.7. The van der Waals surface area contributed by atoms with E-state index in [-0.39, 0.29) is 12.5 Å². The Morgan fingerprint density at radius 2 is 1.68 bits per heavy atom. The number of imidazole rings is 1. The summed E-state index contributed by atoms with van der Waals surface area (Å²) in [5, 5.41) is 12.8. The zero-order chi connectivity index (χ0) is 25.9. The monoisotopic (exact) mass is 507 g/mol. The number of amides is 1. The van der Waals surface area contributed by atoms with Crippen LogP contribution in [0.1, 0.15) is 18.4 Å². The molecule has 0 bridgehead atoms. The fourth-order valence-corrected chi connectivity index (χ4v) is 5.30. The molecule has 0 aliphatic carbocycles. The zero-order valence-corrected chi connectivity index (χ0v) is 21.1. The first-order valence-electron chi connectivity index (χ1n) is 13.0. The van der Waals surface area contributed by atoms with Crippen LogP contribution < -0.4 is 15.1 Å². The second-order valence-electron chi connectivity index (χ2n) is 9.58. The van der Waals surface area contributed by atoms with E-state index in [4.69, 9.17) is 4.98 Å². The number of aromatic nitrogens is 4. The van der Waals surface area contributed by atoms with Crippen LogP contribution in [-0.4, -0.2) is 76.0 Å². The number of nitriles is 1. The van der Waals surface area contributed by atoms with Crippen LogP contribution in [0.4, 0.5) is 17.2 Å². The van der Waals surface area contributed by atoms with Crippen molar-refractivity contribution in [3.63, 3.8) is 0 Å². The number of carbonyl (C=O) groups excluding carboxylic acids is 1. The fraction of sp³-hybridized carbons (Fsp3) is 0.321. The summed E-state index contributed by atoms with van der Waals surface area (Å²) in [6.07, 6.45) is 11.1.